The molecule has 4 unspecified atom stereocenters. The SMILES string of the molecule is CC(CCCC1(C)OC/C(=C/CO)CC[C@H]1O)C(=O)C1OC1C(C)C. The molecule has 2 N–H and O–H groups in total. The minimum absolute atomic E-state index is 0.00569. The molecule has 2 heterocycles. The van der Waals surface area contributed by atoms with Crippen LogP contribution in [0.25, 0.3) is 0 Å². The van der Waals surface area contributed by atoms with E-state index < -0.39 is 11.7 Å². The molecule has 0 spiro atoms. The van der Waals surface area contributed by atoms with Crippen molar-refractivity contribution < 1.29 is 24.5 Å². The summed E-state index contributed by atoms with van der Waals surface area (Å²) < 4.78 is 11.5. The van der Waals surface area contributed by atoms with Gasteiger partial charge in [0.1, 0.15) is 6.10 Å². The Morgan fingerprint density at radius 1 is 1.40 bits per heavy atom. The number of carbonyl (C=O) groups is 1. The Bertz CT molecular complexity index is 486. The Balaban J connectivity index is 1.79. The number of ether oxygens (including phenoxy) is 2. The van der Waals surface area contributed by atoms with E-state index in [0.717, 1.165) is 31.3 Å². The van der Waals surface area contributed by atoms with Crippen LogP contribution in [0, 0.1) is 11.8 Å². The van der Waals surface area contributed by atoms with Crippen molar-refractivity contribution in [1.82, 2.24) is 0 Å². The number of carbonyl (C=O) groups excluding carboxylic acids is 1. The topological polar surface area (TPSA) is 79.3 Å². The maximum absolute atomic E-state index is 12.4. The molecule has 0 aromatic carbocycles. The third-order valence-corrected chi connectivity index (χ3v) is 5.67. The molecular weight excluding hydrogens is 320 g/mol. The average Bonchev–Trinajstić information content (AvgIpc) is 3.37. The van der Waals surface area contributed by atoms with Crippen LogP contribution in [0.3, 0.4) is 0 Å². The molecule has 0 amide bonds. The van der Waals surface area contributed by atoms with Crippen LogP contribution in [0.15, 0.2) is 11.6 Å². The van der Waals surface area contributed by atoms with E-state index >= 15 is 0 Å². The lowest BCUT2D eigenvalue weighted by Gasteiger charge is -2.33. The lowest BCUT2D eigenvalue weighted by atomic mass is 9.87. The van der Waals surface area contributed by atoms with E-state index in [0.29, 0.717) is 18.9 Å². The van der Waals surface area contributed by atoms with Crippen LogP contribution in [-0.4, -0.2) is 53.1 Å². The van der Waals surface area contributed by atoms with Crippen molar-refractivity contribution in [3.8, 4) is 0 Å². The number of epoxide rings is 1. The molecule has 0 saturated carbocycles. The summed E-state index contributed by atoms with van der Waals surface area (Å²) in [7, 11) is 0. The number of aliphatic hydroxyl groups is 2. The minimum Gasteiger partial charge on any atom is -0.392 e. The zero-order valence-corrected chi connectivity index (χ0v) is 16.0. The molecule has 25 heavy (non-hydrogen) atoms. The van der Waals surface area contributed by atoms with Gasteiger partial charge in [-0.2, -0.15) is 0 Å². The van der Waals surface area contributed by atoms with Crippen LogP contribution in [-0.2, 0) is 14.3 Å². The van der Waals surface area contributed by atoms with Crippen molar-refractivity contribution in [2.45, 2.75) is 83.7 Å². The Kier molecular flexibility index (Phi) is 7.20. The van der Waals surface area contributed by atoms with E-state index in [1.807, 2.05) is 13.8 Å². The molecule has 0 bridgehead atoms. The maximum atomic E-state index is 12.4. The zero-order chi connectivity index (χ0) is 18.6. The van der Waals surface area contributed by atoms with Gasteiger partial charge in [-0.05, 0) is 50.5 Å². The van der Waals surface area contributed by atoms with E-state index in [2.05, 4.69) is 13.8 Å². The lowest BCUT2D eigenvalue weighted by molar-refractivity contribution is -0.124. The maximum Gasteiger partial charge on any atom is 0.167 e. The molecule has 5 nitrogen and oxygen atoms in total. The Morgan fingerprint density at radius 2 is 2.12 bits per heavy atom. The zero-order valence-electron chi connectivity index (χ0n) is 16.0. The third-order valence-electron chi connectivity index (χ3n) is 5.67. The van der Waals surface area contributed by atoms with Crippen LogP contribution in [0.2, 0.25) is 0 Å². The standard InChI is InChI=1S/C20H34O5/c1-13(2)18-19(25-18)17(23)14(3)6-5-10-20(4)16(22)8-7-15(9-11-21)12-24-20/h9,13-14,16,18-19,21-22H,5-8,10-12H2,1-4H3/b15-9+/t14?,16-,18?,19?,20?/m1/s1. The van der Waals surface area contributed by atoms with Crippen molar-refractivity contribution in [2.75, 3.05) is 13.2 Å². The smallest absolute Gasteiger partial charge is 0.167 e. The van der Waals surface area contributed by atoms with Gasteiger partial charge in [-0.3, -0.25) is 4.79 Å². The van der Waals surface area contributed by atoms with Gasteiger partial charge in [-0.1, -0.05) is 26.8 Å². The summed E-state index contributed by atoms with van der Waals surface area (Å²) in [4.78, 5) is 12.4. The van der Waals surface area contributed by atoms with Gasteiger partial charge in [0.25, 0.3) is 0 Å². The quantitative estimate of drug-likeness (QED) is 0.517. The van der Waals surface area contributed by atoms with Crippen molar-refractivity contribution in [2.24, 2.45) is 11.8 Å². The van der Waals surface area contributed by atoms with Gasteiger partial charge < -0.3 is 19.7 Å². The summed E-state index contributed by atoms with van der Waals surface area (Å²) in [5.74, 6) is 0.570. The number of aliphatic hydroxyl groups excluding tert-OH is 2. The van der Waals surface area contributed by atoms with Gasteiger partial charge in [0, 0.05) is 5.92 Å². The first-order chi connectivity index (χ1) is 11.8. The molecule has 2 aliphatic heterocycles. The Morgan fingerprint density at radius 3 is 2.72 bits per heavy atom. The monoisotopic (exact) mass is 354 g/mol. The second kappa shape index (κ2) is 8.76. The van der Waals surface area contributed by atoms with Crippen LogP contribution >= 0.6 is 0 Å². The number of ketones is 1. The molecule has 0 aliphatic carbocycles. The molecule has 2 fully saturated rings. The van der Waals surface area contributed by atoms with Crippen molar-refractivity contribution in [3.63, 3.8) is 0 Å². The van der Waals surface area contributed by atoms with E-state index in [9.17, 15) is 9.90 Å². The average molecular weight is 354 g/mol. The summed E-state index contributed by atoms with van der Waals surface area (Å²) in [5.41, 5.74) is 0.448. The summed E-state index contributed by atoms with van der Waals surface area (Å²) in [6.45, 7) is 8.53. The van der Waals surface area contributed by atoms with Crippen LogP contribution in [0.5, 0.6) is 0 Å². The van der Waals surface area contributed by atoms with Crippen LogP contribution in [0.1, 0.15) is 59.8 Å². The van der Waals surface area contributed by atoms with E-state index in [4.69, 9.17) is 14.6 Å². The number of hydrogen-bond donors (Lipinski definition) is 2. The molecule has 0 radical (unpaired) electrons. The van der Waals surface area contributed by atoms with Crippen molar-refractivity contribution in [3.05, 3.63) is 11.6 Å². The first-order valence-corrected chi connectivity index (χ1v) is 9.58. The predicted molar refractivity (Wildman–Crippen MR) is 96.3 cm³/mol. The minimum atomic E-state index is -0.593. The fourth-order valence-electron chi connectivity index (χ4n) is 3.62. The molecule has 2 rings (SSSR count). The van der Waals surface area contributed by atoms with E-state index in [1.54, 1.807) is 6.08 Å². The van der Waals surface area contributed by atoms with Gasteiger partial charge in [0.15, 0.2) is 5.78 Å². The van der Waals surface area contributed by atoms with E-state index in [1.165, 1.54) is 0 Å². The highest BCUT2D eigenvalue weighted by atomic mass is 16.6. The fourth-order valence-corrected chi connectivity index (χ4v) is 3.62. The highest BCUT2D eigenvalue weighted by Gasteiger charge is 2.47. The molecule has 5 heteroatoms. The summed E-state index contributed by atoms with van der Waals surface area (Å²) >= 11 is 0. The van der Waals surface area contributed by atoms with Gasteiger partial charge in [-0.25, -0.2) is 0 Å². The number of hydrogen-bond acceptors (Lipinski definition) is 5. The molecule has 0 aromatic rings. The van der Waals surface area contributed by atoms with Gasteiger partial charge in [0.2, 0.25) is 0 Å². The number of rotatable bonds is 8. The predicted octanol–water partition coefficient (Wildman–Crippen LogP) is 2.63. The first-order valence-electron chi connectivity index (χ1n) is 9.58. The Hall–Kier alpha value is -0.750. The molecule has 2 saturated heterocycles. The Labute approximate surface area is 151 Å². The summed E-state index contributed by atoms with van der Waals surface area (Å²) in [6.07, 6.45) is 4.85. The van der Waals surface area contributed by atoms with E-state index in [-0.39, 0.29) is 30.5 Å². The molecule has 144 valence electrons. The largest absolute Gasteiger partial charge is 0.392 e. The number of Topliss-reactive ketones (excluding diaryl/α,β-unsaturated/α-hetero) is 1. The molecular formula is C20H34O5. The highest BCUT2D eigenvalue weighted by Crippen LogP contribution is 2.34. The van der Waals surface area contributed by atoms with Crippen molar-refractivity contribution >= 4 is 5.78 Å². The fraction of sp³-hybridized carbons (Fsp3) is 0.850. The van der Waals surface area contributed by atoms with Crippen molar-refractivity contribution in [1.29, 1.82) is 0 Å². The van der Waals surface area contributed by atoms with Gasteiger partial charge in [-0.15, -0.1) is 0 Å². The first kappa shape index (κ1) is 20.6. The van der Waals surface area contributed by atoms with Gasteiger partial charge >= 0.3 is 0 Å². The molecule has 2 aliphatic rings. The highest BCUT2D eigenvalue weighted by molar-refractivity contribution is 5.87. The lowest BCUT2D eigenvalue weighted by Crippen LogP contribution is -2.41. The van der Waals surface area contributed by atoms with Crippen LogP contribution in [0.4, 0.5) is 0 Å². The summed E-state index contributed by atoms with van der Waals surface area (Å²) in [6, 6.07) is 0. The molecule has 0 aromatic heterocycles. The molecule has 5 atom stereocenters. The third kappa shape index (κ3) is 5.36. The summed E-state index contributed by atoms with van der Waals surface area (Å²) in [5, 5.41) is 19.5. The normalized spacial score (nSPS) is 35.6. The van der Waals surface area contributed by atoms with Gasteiger partial charge in [0.05, 0.1) is 31.0 Å². The van der Waals surface area contributed by atoms with Crippen LogP contribution < -0.4 is 0 Å². The second-order valence-corrected chi connectivity index (χ2v) is 8.16. The second-order valence-electron chi connectivity index (χ2n) is 8.16.